The summed E-state index contributed by atoms with van der Waals surface area (Å²) in [5.74, 6) is -9.79. The van der Waals surface area contributed by atoms with Crippen LogP contribution in [0.3, 0.4) is 0 Å². The van der Waals surface area contributed by atoms with Crippen molar-refractivity contribution in [2.24, 2.45) is 0 Å². The zero-order valence-electron chi connectivity index (χ0n) is 9.89. The molecule has 0 aliphatic heterocycles. The van der Waals surface area contributed by atoms with Crippen LogP contribution in [0.25, 0.3) is 0 Å². The van der Waals surface area contributed by atoms with Gasteiger partial charge >= 0.3 is 5.97 Å². The minimum atomic E-state index is -2.27. The number of carboxylic acid groups (broad SMARTS) is 1. The number of hydrogen-bond acceptors (Lipinski definition) is 2. The number of carbonyl (C=O) groups is 1. The number of benzene rings is 1. The highest BCUT2D eigenvalue weighted by molar-refractivity contribution is 5.69. The molecule has 1 N–H and O–H groups in total. The fourth-order valence-corrected chi connectivity index (χ4v) is 1.50. The molecule has 0 aliphatic rings. The van der Waals surface area contributed by atoms with Crippen LogP contribution in [0.5, 0.6) is 0 Å². The van der Waals surface area contributed by atoms with Gasteiger partial charge in [-0.1, -0.05) is 5.92 Å². The lowest BCUT2D eigenvalue weighted by Gasteiger charge is -2.18. The minimum absolute atomic E-state index is 0.328. The molecule has 1 aromatic carbocycles. The van der Waals surface area contributed by atoms with Crippen molar-refractivity contribution in [2.75, 3.05) is 13.1 Å². The molecule has 0 radical (unpaired) electrons. The molecule has 0 saturated carbocycles. The molecule has 20 heavy (non-hydrogen) atoms. The van der Waals surface area contributed by atoms with Crippen LogP contribution in [0.15, 0.2) is 0 Å². The van der Waals surface area contributed by atoms with Crippen LogP contribution in [0.4, 0.5) is 22.0 Å². The van der Waals surface area contributed by atoms with E-state index in [0.29, 0.717) is 0 Å². The van der Waals surface area contributed by atoms with Gasteiger partial charge in [0, 0.05) is 12.1 Å². The Hall–Kier alpha value is -2.14. The van der Waals surface area contributed by atoms with E-state index in [1.165, 1.54) is 0 Å². The first-order chi connectivity index (χ1) is 9.29. The molecule has 108 valence electrons. The van der Waals surface area contributed by atoms with E-state index in [1.54, 1.807) is 0 Å². The van der Waals surface area contributed by atoms with Crippen LogP contribution in [-0.2, 0) is 11.3 Å². The summed E-state index contributed by atoms with van der Waals surface area (Å²) in [6, 6.07) is 0. The number of nitrogens with zero attached hydrogens (tertiary/aromatic N) is 1. The lowest BCUT2D eigenvalue weighted by Crippen LogP contribution is -2.31. The molecule has 3 nitrogen and oxygen atoms in total. The van der Waals surface area contributed by atoms with Crippen LogP contribution in [0.2, 0.25) is 0 Å². The molecular weight excluding hydrogens is 285 g/mol. The molecule has 0 atom stereocenters. The maximum absolute atomic E-state index is 13.4. The van der Waals surface area contributed by atoms with E-state index >= 15 is 0 Å². The molecule has 0 spiro atoms. The van der Waals surface area contributed by atoms with E-state index in [-0.39, 0.29) is 6.54 Å². The van der Waals surface area contributed by atoms with Crippen LogP contribution < -0.4 is 0 Å². The summed E-state index contributed by atoms with van der Waals surface area (Å²) in [6.45, 7) is -1.85. The van der Waals surface area contributed by atoms with Gasteiger partial charge in [0.25, 0.3) is 0 Å². The second-order valence-corrected chi connectivity index (χ2v) is 3.79. The molecule has 0 aliphatic carbocycles. The molecule has 0 unspecified atom stereocenters. The largest absolute Gasteiger partial charge is 0.480 e. The van der Waals surface area contributed by atoms with Gasteiger partial charge in [-0.25, -0.2) is 22.0 Å². The topological polar surface area (TPSA) is 40.5 Å². The fraction of sp³-hybridized carbons (Fsp3) is 0.250. The van der Waals surface area contributed by atoms with Crippen LogP contribution in [0, 0.1) is 41.4 Å². The summed E-state index contributed by atoms with van der Waals surface area (Å²) in [6.07, 6.45) is 4.94. The van der Waals surface area contributed by atoms with Gasteiger partial charge in [0.2, 0.25) is 5.82 Å². The second-order valence-electron chi connectivity index (χ2n) is 3.79. The SMILES string of the molecule is C#CCN(CC(=O)O)Cc1c(F)c(F)c(F)c(F)c1F. The van der Waals surface area contributed by atoms with Crippen molar-refractivity contribution in [1.82, 2.24) is 4.90 Å². The van der Waals surface area contributed by atoms with Gasteiger partial charge in [0.1, 0.15) is 0 Å². The number of rotatable bonds is 5. The number of halogens is 5. The van der Waals surface area contributed by atoms with E-state index in [4.69, 9.17) is 11.5 Å². The van der Waals surface area contributed by atoms with Crippen molar-refractivity contribution in [3.05, 3.63) is 34.6 Å². The number of terminal acetylenes is 1. The van der Waals surface area contributed by atoms with E-state index in [0.717, 1.165) is 4.90 Å². The zero-order valence-corrected chi connectivity index (χ0v) is 9.89. The molecule has 0 heterocycles. The maximum Gasteiger partial charge on any atom is 0.317 e. The van der Waals surface area contributed by atoms with Gasteiger partial charge in [-0.05, 0) is 0 Å². The zero-order chi connectivity index (χ0) is 15.4. The third-order valence-corrected chi connectivity index (χ3v) is 2.36. The molecule has 0 fully saturated rings. The standard InChI is InChI=1S/C12H8F5NO2/c1-2-3-18(5-7(19)20)4-6-8(13)10(15)12(17)11(16)9(6)14/h1H,3-5H2,(H,19,20). The van der Waals surface area contributed by atoms with Gasteiger partial charge in [0.15, 0.2) is 23.3 Å². The Bertz CT molecular complexity index is 553. The summed E-state index contributed by atoms with van der Waals surface area (Å²) in [5, 5.41) is 8.57. The molecule has 1 rings (SSSR count). The highest BCUT2D eigenvalue weighted by Gasteiger charge is 2.27. The van der Waals surface area contributed by atoms with E-state index in [1.807, 2.05) is 5.92 Å². The highest BCUT2D eigenvalue weighted by Crippen LogP contribution is 2.24. The lowest BCUT2D eigenvalue weighted by molar-refractivity contribution is -0.138. The molecule has 0 saturated heterocycles. The van der Waals surface area contributed by atoms with E-state index in [2.05, 4.69) is 0 Å². The molecule has 0 aromatic heterocycles. The van der Waals surface area contributed by atoms with Crippen molar-refractivity contribution >= 4 is 5.97 Å². The van der Waals surface area contributed by atoms with Crippen LogP contribution >= 0.6 is 0 Å². The van der Waals surface area contributed by atoms with Crippen molar-refractivity contribution < 1.29 is 31.9 Å². The lowest BCUT2D eigenvalue weighted by atomic mass is 10.1. The van der Waals surface area contributed by atoms with Crippen molar-refractivity contribution in [3.8, 4) is 12.3 Å². The predicted octanol–water partition coefficient (Wildman–Crippen LogP) is 1.90. The van der Waals surface area contributed by atoms with Gasteiger partial charge in [-0.3, -0.25) is 9.69 Å². The molecular formula is C12H8F5NO2. The fourth-order valence-electron chi connectivity index (χ4n) is 1.50. The van der Waals surface area contributed by atoms with Gasteiger partial charge in [0.05, 0.1) is 13.1 Å². The molecule has 0 bridgehead atoms. The quantitative estimate of drug-likeness (QED) is 0.390. The van der Waals surface area contributed by atoms with Crippen molar-refractivity contribution in [1.29, 1.82) is 0 Å². The average Bonchev–Trinajstić information content (AvgIpc) is 2.38. The van der Waals surface area contributed by atoms with Crippen LogP contribution in [0.1, 0.15) is 5.56 Å². The van der Waals surface area contributed by atoms with Gasteiger partial charge in [-0.2, -0.15) is 0 Å². The monoisotopic (exact) mass is 293 g/mol. The summed E-state index contributed by atoms with van der Waals surface area (Å²) < 4.78 is 65.5. The Morgan fingerprint density at radius 3 is 1.90 bits per heavy atom. The van der Waals surface area contributed by atoms with Crippen molar-refractivity contribution in [2.45, 2.75) is 6.54 Å². The van der Waals surface area contributed by atoms with Gasteiger partial charge < -0.3 is 5.11 Å². The summed E-state index contributed by atoms with van der Waals surface area (Å²) in [7, 11) is 0. The summed E-state index contributed by atoms with van der Waals surface area (Å²) >= 11 is 0. The Morgan fingerprint density at radius 2 is 1.50 bits per heavy atom. The first-order valence-corrected chi connectivity index (χ1v) is 5.17. The third-order valence-electron chi connectivity index (χ3n) is 2.36. The Morgan fingerprint density at radius 1 is 1.05 bits per heavy atom. The Kier molecular flexibility index (Phi) is 5.05. The Balaban J connectivity index is 3.19. The highest BCUT2D eigenvalue weighted by atomic mass is 19.2. The number of carboxylic acids is 1. The third kappa shape index (κ3) is 3.24. The average molecular weight is 293 g/mol. The molecule has 1 aromatic rings. The predicted molar refractivity (Wildman–Crippen MR) is 58.0 cm³/mol. The summed E-state index contributed by atoms with van der Waals surface area (Å²) in [4.78, 5) is 11.4. The number of aliphatic carboxylic acids is 1. The first-order valence-electron chi connectivity index (χ1n) is 5.17. The van der Waals surface area contributed by atoms with Gasteiger partial charge in [-0.15, -0.1) is 6.42 Å². The Labute approximate surface area is 110 Å². The summed E-state index contributed by atoms with van der Waals surface area (Å²) in [5.41, 5.74) is -1.13. The first kappa shape index (κ1) is 15.9. The number of hydrogen-bond donors (Lipinski definition) is 1. The second kappa shape index (κ2) is 6.34. The van der Waals surface area contributed by atoms with E-state index in [9.17, 15) is 26.7 Å². The van der Waals surface area contributed by atoms with Crippen LogP contribution in [-0.4, -0.2) is 29.1 Å². The molecule has 8 heteroatoms. The van der Waals surface area contributed by atoms with Crippen molar-refractivity contribution in [3.63, 3.8) is 0 Å². The minimum Gasteiger partial charge on any atom is -0.480 e. The normalized spacial score (nSPS) is 10.7. The maximum atomic E-state index is 13.4. The molecule has 0 amide bonds. The van der Waals surface area contributed by atoms with E-state index < -0.39 is 53.7 Å². The smallest absolute Gasteiger partial charge is 0.317 e.